The number of hydrogen-bond donors (Lipinski definition) is 1. The van der Waals surface area contributed by atoms with Gasteiger partial charge in [-0.2, -0.15) is 5.10 Å². The lowest BCUT2D eigenvalue weighted by Gasteiger charge is -2.44. The standard InChI is InChI=1S/C33H37ClN8O4/c1-18(2)8-24-31(32(35)44)30(23-12-38-42(33(23)39-24)25-6-7-40(13-19(25)3)22-15-45-16-22)20-4-5-26-27(9-20)46-17-29(43)41(26)14-28-36-10-21(34)11-37-28/h4-5,9-12,18-19,22,25H,6-8,13-17H2,1-3H3,(H2,35,44). The van der Waals surface area contributed by atoms with E-state index >= 15 is 0 Å². The van der Waals surface area contributed by atoms with Crippen molar-refractivity contribution < 1.29 is 19.1 Å². The summed E-state index contributed by atoms with van der Waals surface area (Å²) in [7, 11) is 0. The molecule has 2 atom stereocenters. The zero-order valence-corrected chi connectivity index (χ0v) is 26.9. The number of piperidine rings is 1. The predicted octanol–water partition coefficient (Wildman–Crippen LogP) is 4.05. The number of primary amides is 1. The maximum absolute atomic E-state index is 13.2. The fourth-order valence-electron chi connectivity index (χ4n) is 6.84. The van der Waals surface area contributed by atoms with Gasteiger partial charge in [0, 0.05) is 36.4 Å². The lowest BCUT2D eigenvalue weighted by molar-refractivity contribution is -0.121. The van der Waals surface area contributed by atoms with Gasteiger partial charge in [0.15, 0.2) is 12.3 Å². The molecule has 7 rings (SSSR count). The van der Waals surface area contributed by atoms with Gasteiger partial charge in [0.05, 0.1) is 60.0 Å². The van der Waals surface area contributed by atoms with E-state index < -0.39 is 5.91 Å². The summed E-state index contributed by atoms with van der Waals surface area (Å²) in [5, 5.41) is 6.06. The molecule has 2 saturated heterocycles. The molecule has 0 aliphatic carbocycles. The first-order valence-electron chi connectivity index (χ1n) is 15.7. The molecule has 1 aromatic carbocycles. The highest BCUT2D eigenvalue weighted by Crippen LogP contribution is 2.42. The number of pyridine rings is 1. The molecular weight excluding hydrogens is 608 g/mol. The van der Waals surface area contributed by atoms with Crippen molar-refractivity contribution >= 4 is 40.1 Å². The van der Waals surface area contributed by atoms with Crippen LogP contribution in [0.25, 0.3) is 22.2 Å². The van der Waals surface area contributed by atoms with Crippen LogP contribution < -0.4 is 15.4 Å². The number of nitrogens with two attached hydrogens (primary N) is 1. The molecule has 3 aliphatic rings. The van der Waals surface area contributed by atoms with Crippen LogP contribution in [0.5, 0.6) is 5.75 Å². The Bertz CT molecular complexity index is 1810. The van der Waals surface area contributed by atoms with Crippen molar-refractivity contribution in [2.24, 2.45) is 17.6 Å². The van der Waals surface area contributed by atoms with Crippen molar-refractivity contribution in [2.75, 3.05) is 37.8 Å². The lowest BCUT2D eigenvalue weighted by atomic mass is 9.91. The van der Waals surface area contributed by atoms with Crippen LogP contribution in [-0.4, -0.2) is 80.4 Å². The Hall–Kier alpha value is -4.13. The number of benzene rings is 1. The smallest absolute Gasteiger partial charge is 0.265 e. The van der Waals surface area contributed by atoms with Crippen molar-refractivity contribution in [3.05, 3.63) is 58.9 Å². The molecule has 2 amide bonds. The summed E-state index contributed by atoms with van der Waals surface area (Å²) in [6, 6.07) is 6.22. The molecule has 2 fully saturated rings. The highest BCUT2D eigenvalue weighted by atomic mass is 35.5. The first kappa shape index (κ1) is 30.5. The molecule has 3 aromatic heterocycles. The number of likely N-dealkylation sites (tertiary alicyclic amines) is 1. The van der Waals surface area contributed by atoms with Crippen molar-refractivity contribution in [2.45, 2.75) is 52.2 Å². The lowest BCUT2D eigenvalue weighted by Crippen LogP contribution is -2.54. The van der Waals surface area contributed by atoms with Crippen LogP contribution in [0.2, 0.25) is 5.02 Å². The van der Waals surface area contributed by atoms with Gasteiger partial charge in [0.25, 0.3) is 11.8 Å². The van der Waals surface area contributed by atoms with Gasteiger partial charge in [-0.3, -0.25) is 19.4 Å². The van der Waals surface area contributed by atoms with Crippen LogP contribution in [0.4, 0.5) is 5.69 Å². The van der Waals surface area contributed by atoms with E-state index in [2.05, 4.69) is 35.6 Å². The number of fused-ring (bicyclic) bond motifs is 2. The number of aromatic nitrogens is 5. The maximum atomic E-state index is 13.2. The minimum atomic E-state index is -0.549. The van der Waals surface area contributed by atoms with Gasteiger partial charge < -0.3 is 15.2 Å². The van der Waals surface area contributed by atoms with Gasteiger partial charge in [-0.15, -0.1) is 0 Å². The topological polar surface area (TPSA) is 142 Å². The van der Waals surface area contributed by atoms with Crippen molar-refractivity contribution in [3.8, 4) is 16.9 Å². The quantitative estimate of drug-likeness (QED) is 0.301. The van der Waals surface area contributed by atoms with Crippen molar-refractivity contribution in [1.82, 2.24) is 29.6 Å². The number of amides is 2. The van der Waals surface area contributed by atoms with Crippen LogP contribution in [0.15, 0.2) is 36.8 Å². The van der Waals surface area contributed by atoms with Gasteiger partial charge in [-0.1, -0.05) is 38.4 Å². The zero-order chi connectivity index (χ0) is 32.1. The Labute approximate surface area is 271 Å². The number of carbonyl (C=O) groups excluding carboxylic acids is 2. The summed E-state index contributed by atoms with van der Waals surface area (Å²) in [6.45, 7) is 10.0. The van der Waals surface area contributed by atoms with E-state index in [-0.39, 0.29) is 31.0 Å². The first-order valence-corrected chi connectivity index (χ1v) is 16.1. The second-order valence-electron chi connectivity index (χ2n) is 12.9. The fraction of sp³-hybridized carbons (Fsp3) is 0.455. The van der Waals surface area contributed by atoms with Crippen LogP contribution in [-0.2, 0) is 22.5 Å². The normalized spacial score (nSPS) is 20.5. The molecule has 2 N–H and O–H groups in total. The van der Waals surface area contributed by atoms with E-state index in [9.17, 15) is 9.59 Å². The zero-order valence-electron chi connectivity index (χ0n) is 26.1. The van der Waals surface area contributed by atoms with Crippen LogP contribution in [0, 0.1) is 11.8 Å². The first-order chi connectivity index (χ1) is 22.2. The summed E-state index contributed by atoms with van der Waals surface area (Å²) in [4.78, 5) is 43.8. The van der Waals surface area contributed by atoms with Gasteiger partial charge >= 0.3 is 0 Å². The Balaban J connectivity index is 1.31. The molecule has 4 aromatic rings. The van der Waals surface area contributed by atoms with E-state index in [0.29, 0.717) is 57.5 Å². The summed E-state index contributed by atoms with van der Waals surface area (Å²) < 4.78 is 13.4. The Morgan fingerprint density at radius 3 is 2.63 bits per heavy atom. The van der Waals surface area contributed by atoms with Gasteiger partial charge in [0.2, 0.25) is 0 Å². The molecular formula is C33H37ClN8O4. The second kappa shape index (κ2) is 12.2. The predicted molar refractivity (Wildman–Crippen MR) is 173 cm³/mol. The number of hydrogen-bond acceptors (Lipinski definition) is 9. The molecule has 0 bridgehead atoms. The third-order valence-corrected chi connectivity index (χ3v) is 9.37. The monoisotopic (exact) mass is 644 g/mol. The summed E-state index contributed by atoms with van der Waals surface area (Å²) >= 11 is 5.96. The largest absolute Gasteiger partial charge is 0.482 e. The number of anilines is 1. The molecule has 2 unspecified atom stereocenters. The van der Waals surface area contributed by atoms with E-state index in [4.69, 9.17) is 36.9 Å². The molecule has 13 heteroatoms. The fourth-order valence-corrected chi connectivity index (χ4v) is 6.94. The van der Waals surface area contributed by atoms with Gasteiger partial charge in [-0.05, 0) is 42.4 Å². The molecule has 0 radical (unpaired) electrons. The maximum Gasteiger partial charge on any atom is 0.265 e. The average Bonchev–Trinajstić information content (AvgIpc) is 3.40. The van der Waals surface area contributed by atoms with Crippen LogP contribution in [0.3, 0.4) is 0 Å². The van der Waals surface area contributed by atoms with Crippen molar-refractivity contribution in [3.63, 3.8) is 0 Å². The molecule has 46 heavy (non-hydrogen) atoms. The Morgan fingerprint density at radius 2 is 1.96 bits per heavy atom. The third kappa shape index (κ3) is 5.58. The van der Waals surface area contributed by atoms with Crippen LogP contribution in [0.1, 0.15) is 55.1 Å². The van der Waals surface area contributed by atoms with E-state index in [1.54, 1.807) is 11.1 Å². The molecule has 0 saturated carbocycles. The number of ether oxygens (including phenoxy) is 2. The Kier molecular flexibility index (Phi) is 8.12. The summed E-state index contributed by atoms with van der Waals surface area (Å²) in [5.41, 5.74) is 9.86. The van der Waals surface area contributed by atoms with Crippen LogP contribution >= 0.6 is 11.6 Å². The number of rotatable bonds is 8. The molecule has 6 heterocycles. The van der Waals surface area contributed by atoms with Gasteiger partial charge in [0.1, 0.15) is 11.6 Å². The molecule has 3 aliphatic heterocycles. The average molecular weight is 645 g/mol. The summed E-state index contributed by atoms with van der Waals surface area (Å²) in [5.74, 6) is 0.775. The number of nitrogens with zero attached hydrogens (tertiary/aromatic N) is 7. The van der Waals surface area contributed by atoms with Crippen molar-refractivity contribution in [1.29, 1.82) is 0 Å². The highest BCUT2D eigenvalue weighted by Gasteiger charge is 2.36. The van der Waals surface area contributed by atoms with E-state index in [0.717, 1.165) is 49.3 Å². The molecule has 0 spiro atoms. The highest BCUT2D eigenvalue weighted by molar-refractivity contribution is 6.30. The summed E-state index contributed by atoms with van der Waals surface area (Å²) in [6.07, 6.45) is 6.32. The Morgan fingerprint density at radius 1 is 1.17 bits per heavy atom. The third-order valence-electron chi connectivity index (χ3n) is 9.17. The van der Waals surface area contributed by atoms with Gasteiger partial charge in [-0.25, -0.2) is 19.6 Å². The number of halogens is 1. The SMILES string of the molecule is CC(C)Cc1nc2c(cnn2C2CCN(C3COC3)CC2C)c(-c2ccc3c(c2)OCC(=O)N3Cc2ncc(Cl)cn2)c1C(N)=O. The minimum Gasteiger partial charge on any atom is -0.482 e. The van der Waals surface area contributed by atoms with E-state index in [1.807, 2.05) is 22.9 Å². The van der Waals surface area contributed by atoms with E-state index in [1.165, 1.54) is 12.4 Å². The minimum absolute atomic E-state index is 0.140. The molecule has 12 nitrogen and oxygen atoms in total. The number of carbonyl (C=O) groups is 2. The second-order valence-corrected chi connectivity index (χ2v) is 13.3. The molecule has 240 valence electrons.